The summed E-state index contributed by atoms with van der Waals surface area (Å²) in [6.07, 6.45) is 2.41. The maximum Gasteiger partial charge on any atom is 0.194 e. The summed E-state index contributed by atoms with van der Waals surface area (Å²) >= 11 is 0. The highest BCUT2D eigenvalue weighted by Crippen LogP contribution is 2.21. The lowest BCUT2D eigenvalue weighted by Gasteiger charge is -2.37. The second-order valence-electron chi connectivity index (χ2n) is 7.23. The zero-order chi connectivity index (χ0) is 18.8. The minimum atomic E-state index is -0.195. The highest BCUT2D eigenvalue weighted by Gasteiger charge is 2.27. The van der Waals surface area contributed by atoms with Crippen molar-refractivity contribution in [1.82, 2.24) is 25.0 Å². The molecule has 7 nitrogen and oxygen atoms in total. The van der Waals surface area contributed by atoms with Crippen molar-refractivity contribution >= 4 is 35.6 Å². The first kappa shape index (κ1) is 20.8. The molecule has 2 fully saturated rings. The topological polar surface area (TPSA) is 61.6 Å². The monoisotopic (exact) mass is 499 g/mol. The van der Waals surface area contributed by atoms with Gasteiger partial charge in [-0.25, -0.2) is 9.38 Å². The summed E-state index contributed by atoms with van der Waals surface area (Å²) in [6.45, 7) is 6.00. The number of hydrogen-bond acceptors (Lipinski definition) is 4. The van der Waals surface area contributed by atoms with Crippen LogP contribution in [0.15, 0.2) is 29.3 Å². The Labute approximate surface area is 182 Å². The fourth-order valence-corrected chi connectivity index (χ4v) is 3.21. The Morgan fingerprint density at radius 2 is 1.82 bits per heavy atom. The van der Waals surface area contributed by atoms with Crippen molar-refractivity contribution in [2.45, 2.75) is 32.4 Å². The van der Waals surface area contributed by atoms with Crippen LogP contribution in [0.1, 0.15) is 24.5 Å². The lowest BCUT2D eigenvalue weighted by Crippen LogP contribution is -2.53. The van der Waals surface area contributed by atoms with E-state index in [4.69, 9.17) is 4.99 Å². The molecular formula is C19H27FIN7. The van der Waals surface area contributed by atoms with Crippen LogP contribution in [0, 0.1) is 12.7 Å². The van der Waals surface area contributed by atoms with E-state index in [2.05, 4.69) is 25.3 Å². The minimum absolute atomic E-state index is 0. The molecule has 9 heteroatoms. The third-order valence-electron chi connectivity index (χ3n) is 5.23. The molecule has 2 aliphatic rings. The van der Waals surface area contributed by atoms with Gasteiger partial charge in [0.2, 0.25) is 0 Å². The van der Waals surface area contributed by atoms with Crippen LogP contribution in [0.4, 0.5) is 10.1 Å². The first-order valence-corrected chi connectivity index (χ1v) is 9.51. The van der Waals surface area contributed by atoms with Gasteiger partial charge in [0.15, 0.2) is 11.8 Å². The number of benzene rings is 1. The first-order valence-electron chi connectivity index (χ1n) is 9.51. The molecule has 0 radical (unpaired) electrons. The summed E-state index contributed by atoms with van der Waals surface area (Å²) in [5.74, 6) is 2.52. The molecule has 0 unspecified atom stereocenters. The maximum atomic E-state index is 13.1. The summed E-state index contributed by atoms with van der Waals surface area (Å²) in [7, 11) is 1.97. The van der Waals surface area contributed by atoms with Crippen LogP contribution in [-0.2, 0) is 13.6 Å². The van der Waals surface area contributed by atoms with Crippen molar-refractivity contribution in [3.8, 4) is 0 Å². The van der Waals surface area contributed by atoms with Crippen LogP contribution >= 0.6 is 24.0 Å². The third kappa shape index (κ3) is 4.92. The van der Waals surface area contributed by atoms with E-state index in [1.165, 1.54) is 25.0 Å². The van der Waals surface area contributed by atoms with Gasteiger partial charge in [-0.3, -0.25) is 0 Å². The number of nitrogens with zero attached hydrogens (tertiary/aromatic N) is 6. The van der Waals surface area contributed by atoms with E-state index >= 15 is 0 Å². The quantitative estimate of drug-likeness (QED) is 0.398. The summed E-state index contributed by atoms with van der Waals surface area (Å²) in [5.41, 5.74) is 1.07. The summed E-state index contributed by atoms with van der Waals surface area (Å²) < 4.78 is 15.1. The molecule has 0 spiro atoms. The molecule has 152 valence electrons. The molecule has 1 aliphatic carbocycles. The second kappa shape index (κ2) is 9.06. The number of nitrogens with one attached hydrogen (secondary N) is 1. The molecule has 1 aromatic heterocycles. The molecule has 2 aromatic rings. The van der Waals surface area contributed by atoms with Crippen LogP contribution in [-0.4, -0.2) is 57.8 Å². The number of aromatic nitrogens is 3. The standard InChI is InChI=1S/C19H26FN7.HI/c1-14-23-24-18(25(14)2)13-21-19(22-16-5-6-16)27-11-9-26(10-12-27)17-7-3-15(20)4-8-17;/h3-4,7-8,16H,5-6,9-13H2,1-2H3,(H,21,22);1H. The Balaban J connectivity index is 0.00000225. The number of hydrogen-bond donors (Lipinski definition) is 1. The maximum absolute atomic E-state index is 13.1. The summed E-state index contributed by atoms with van der Waals surface area (Å²) in [6, 6.07) is 7.27. The Kier molecular flexibility index (Phi) is 6.73. The van der Waals surface area contributed by atoms with Crippen molar-refractivity contribution in [3.63, 3.8) is 0 Å². The van der Waals surface area contributed by atoms with E-state index in [1.54, 1.807) is 0 Å². The number of piperazine rings is 1. The van der Waals surface area contributed by atoms with Gasteiger partial charge in [-0.2, -0.15) is 0 Å². The van der Waals surface area contributed by atoms with Crippen molar-refractivity contribution in [2.24, 2.45) is 12.0 Å². The Bertz CT molecular complexity index is 808. The van der Waals surface area contributed by atoms with E-state index in [-0.39, 0.29) is 29.8 Å². The second-order valence-corrected chi connectivity index (χ2v) is 7.23. The smallest absolute Gasteiger partial charge is 0.194 e. The first-order chi connectivity index (χ1) is 13.1. The fraction of sp³-hybridized carbons (Fsp3) is 0.526. The average molecular weight is 499 g/mol. The SMILES string of the molecule is Cc1nnc(CN=C(NC2CC2)N2CCN(c3ccc(F)cc3)CC2)n1C.I. The van der Waals surface area contributed by atoms with Crippen LogP contribution in [0.5, 0.6) is 0 Å². The van der Waals surface area contributed by atoms with Crippen LogP contribution in [0.25, 0.3) is 0 Å². The number of anilines is 1. The lowest BCUT2D eigenvalue weighted by atomic mass is 10.2. The van der Waals surface area contributed by atoms with E-state index in [0.717, 1.165) is 49.5 Å². The van der Waals surface area contributed by atoms with Crippen molar-refractivity contribution in [3.05, 3.63) is 41.7 Å². The number of aryl methyl sites for hydroxylation is 1. The molecule has 0 bridgehead atoms. The zero-order valence-corrected chi connectivity index (χ0v) is 18.6. The fourth-order valence-electron chi connectivity index (χ4n) is 3.21. The van der Waals surface area contributed by atoms with E-state index in [0.29, 0.717) is 12.6 Å². The molecule has 4 rings (SSSR count). The van der Waals surface area contributed by atoms with Crippen molar-refractivity contribution in [1.29, 1.82) is 0 Å². The molecule has 0 amide bonds. The van der Waals surface area contributed by atoms with E-state index in [9.17, 15) is 4.39 Å². The predicted molar refractivity (Wildman–Crippen MR) is 119 cm³/mol. The van der Waals surface area contributed by atoms with Crippen molar-refractivity contribution < 1.29 is 4.39 Å². The highest BCUT2D eigenvalue weighted by atomic mass is 127. The summed E-state index contributed by atoms with van der Waals surface area (Å²) in [5, 5.41) is 11.9. The highest BCUT2D eigenvalue weighted by molar-refractivity contribution is 14.0. The van der Waals surface area contributed by atoms with Gasteiger partial charge in [-0.05, 0) is 44.0 Å². The van der Waals surface area contributed by atoms with Gasteiger partial charge in [-0.15, -0.1) is 34.2 Å². The number of guanidine groups is 1. The average Bonchev–Trinajstić information content (AvgIpc) is 3.45. The van der Waals surface area contributed by atoms with Gasteiger partial charge < -0.3 is 19.7 Å². The van der Waals surface area contributed by atoms with Gasteiger partial charge in [0.25, 0.3) is 0 Å². The Hall–Kier alpha value is -1.91. The Morgan fingerprint density at radius 1 is 1.14 bits per heavy atom. The lowest BCUT2D eigenvalue weighted by molar-refractivity contribution is 0.371. The Morgan fingerprint density at radius 3 is 2.39 bits per heavy atom. The molecule has 1 saturated carbocycles. The van der Waals surface area contributed by atoms with Gasteiger partial charge in [0, 0.05) is 45.0 Å². The minimum Gasteiger partial charge on any atom is -0.368 e. The van der Waals surface area contributed by atoms with E-state index < -0.39 is 0 Å². The molecule has 2 heterocycles. The predicted octanol–water partition coefficient (Wildman–Crippen LogP) is 2.31. The number of rotatable bonds is 4. The molecule has 28 heavy (non-hydrogen) atoms. The number of aliphatic imine (C=N–C) groups is 1. The van der Waals surface area contributed by atoms with Crippen molar-refractivity contribution in [2.75, 3.05) is 31.1 Å². The normalized spacial score (nSPS) is 17.5. The van der Waals surface area contributed by atoms with Gasteiger partial charge in [-0.1, -0.05) is 0 Å². The van der Waals surface area contributed by atoms with Gasteiger partial charge >= 0.3 is 0 Å². The van der Waals surface area contributed by atoms with Gasteiger partial charge in [0.1, 0.15) is 18.2 Å². The van der Waals surface area contributed by atoms with Crippen LogP contribution < -0.4 is 10.2 Å². The van der Waals surface area contributed by atoms with E-state index in [1.807, 2.05) is 30.7 Å². The largest absolute Gasteiger partial charge is 0.368 e. The molecule has 1 saturated heterocycles. The van der Waals surface area contributed by atoms with Crippen LogP contribution in [0.2, 0.25) is 0 Å². The molecule has 1 aromatic carbocycles. The molecule has 0 atom stereocenters. The molecular weight excluding hydrogens is 472 g/mol. The molecule has 1 N–H and O–H groups in total. The zero-order valence-electron chi connectivity index (χ0n) is 16.3. The van der Waals surface area contributed by atoms with Crippen LogP contribution in [0.3, 0.4) is 0 Å². The van der Waals surface area contributed by atoms with Gasteiger partial charge in [0.05, 0.1) is 0 Å². The summed E-state index contributed by atoms with van der Waals surface area (Å²) in [4.78, 5) is 9.42. The number of halogens is 2. The third-order valence-corrected chi connectivity index (χ3v) is 5.23. The molecule has 1 aliphatic heterocycles.